The molecule has 4 nitrogen and oxygen atoms in total. The summed E-state index contributed by atoms with van der Waals surface area (Å²) in [7, 11) is 0. The molecule has 0 radical (unpaired) electrons. The molecule has 0 aromatic carbocycles. The van der Waals surface area contributed by atoms with Gasteiger partial charge in [0.25, 0.3) is 0 Å². The van der Waals surface area contributed by atoms with Gasteiger partial charge in [0, 0.05) is 0 Å². The number of unbranched alkanes of at least 4 members (excludes halogenated alkanes) is 3. The van der Waals surface area contributed by atoms with Gasteiger partial charge in [0.05, 0.1) is 19.5 Å². The minimum Gasteiger partial charge on any atom is -1.00 e. The van der Waals surface area contributed by atoms with E-state index in [0.717, 1.165) is 6.54 Å². The number of hydrogen-bond acceptors (Lipinski definition) is 1. The average molecular weight is 304 g/mol. The molecule has 0 unspecified atom stereocenters. The molecule has 0 fully saturated rings. The highest BCUT2D eigenvalue weighted by atomic mass is 79.9. The fourth-order valence-corrected chi connectivity index (χ4v) is 1.66. The Bertz CT molecular complexity index is 325. The molecule has 1 rings (SSSR count). The van der Waals surface area contributed by atoms with Crippen molar-refractivity contribution in [3.05, 3.63) is 18.7 Å². The van der Waals surface area contributed by atoms with E-state index in [1.165, 1.54) is 25.7 Å². The van der Waals surface area contributed by atoms with Gasteiger partial charge < -0.3 is 22.7 Å². The van der Waals surface area contributed by atoms with E-state index in [0.29, 0.717) is 13.0 Å². The van der Waals surface area contributed by atoms with Gasteiger partial charge >= 0.3 is 0 Å². The zero-order valence-electron chi connectivity index (χ0n) is 10.4. The Morgan fingerprint density at radius 2 is 2.12 bits per heavy atom. The van der Waals surface area contributed by atoms with Crippen LogP contribution in [0.5, 0.6) is 0 Å². The second-order valence-corrected chi connectivity index (χ2v) is 4.17. The molecule has 1 aromatic heterocycles. The number of aryl methyl sites for hydroxylation is 2. The number of imidazole rings is 1. The van der Waals surface area contributed by atoms with E-state index < -0.39 is 0 Å². The van der Waals surface area contributed by atoms with Gasteiger partial charge in [0.1, 0.15) is 12.4 Å². The van der Waals surface area contributed by atoms with Crippen LogP contribution in [-0.2, 0) is 17.9 Å². The summed E-state index contributed by atoms with van der Waals surface area (Å²) in [6.07, 6.45) is 11.6. The van der Waals surface area contributed by atoms with Crippen LogP contribution < -0.4 is 27.3 Å². The molecule has 0 aliphatic heterocycles. The first-order valence-electron chi connectivity index (χ1n) is 6.05. The Hall–Kier alpha value is -0.840. The summed E-state index contributed by atoms with van der Waals surface area (Å²) < 4.78 is 4.17. The molecule has 1 aromatic rings. The van der Waals surface area contributed by atoms with E-state index in [1.807, 2.05) is 23.3 Å². The van der Waals surface area contributed by atoms with Crippen molar-refractivity contribution in [3.63, 3.8) is 0 Å². The highest BCUT2D eigenvalue weighted by Crippen LogP contribution is 2.00. The number of nitrogens with zero attached hydrogens (tertiary/aromatic N) is 2. The van der Waals surface area contributed by atoms with E-state index in [4.69, 9.17) is 5.73 Å². The smallest absolute Gasteiger partial charge is 0.243 e. The predicted molar refractivity (Wildman–Crippen MR) is 62.6 cm³/mol. The molecule has 0 aliphatic rings. The van der Waals surface area contributed by atoms with E-state index in [2.05, 4.69) is 11.5 Å². The number of carbonyl (C=O) groups excluding carboxylic acids is 1. The highest BCUT2D eigenvalue weighted by molar-refractivity contribution is 5.73. The van der Waals surface area contributed by atoms with Crippen LogP contribution >= 0.6 is 0 Å². The number of halogens is 1. The number of rotatable bonds is 8. The van der Waals surface area contributed by atoms with Crippen LogP contribution in [0, 0.1) is 0 Å². The first-order chi connectivity index (χ1) is 7.72. The second-order valence-electron chi connectivity index (χ2n) is 4.17. The lowest BCUT2D eigenvalue weighted by Gasteiger charge is -1.96. The van der Waals surface area contributed by atoms with Gasteiger partial charge in [-0.25, -0.2) is 9.13 Å². The maximum Gasteiger partial charge on any atom is 0.243 e. The third-order valence-corrected chi connectivity index (χ3v) is 2.63. The number of aromatic nitrogens is 2. The third kappa shape index (κ3) is 7.15. The highest BCUT2D eigenvalue weighted by Gasteiger charge is 2.04. The number of carbonyl (C=O) groups is 1. The van der Waals surface area contributed by atoms with Gasteiger partial charge in [0.15, 0.2) is 0 Å². The quantitative estimate of drug-likeness (QED) is 0.449. The standard InChI is InChI=1S/C12H21N3O.BrH/c1-2-3-4-5-7-14-9-10-15(11-14)8-6-12(13)16;/h9-11H,2-8H2,1H3,(H-,13,16);1H. The predicted octanol–water partition coefficient (Wildman–Crippen LogP) is -1.76. The molecule has 0 spiro atoms. The van der Waals surface area contributed by atoms with Crippen LogP contribution in [0.1, 0.15) is 39.0 Å². The largest absolute Gasteiger partial charge is 1.00 e. The van der Waals surface area contributed by atoms with Gasteiger partial charge in [-0.2, -0.15) is 0 Å². The Kier molecular flexibility index (Phi) is 8.76. The summed E-state index contributed by atoms with van der Waals surface area (Å²) in [5.74, 6) is -0.247. The minimum absolute atomic E-state index is 0. The molecule has 0 atom stereocenters. The molecular formula is C12H22BrN3O. The normalized spacial score (nSPS) is 9.94. The van der Waals surface area contributed by atoms with Crippen molar-refractivity contribution in [3.8, 4) is 0 Å². The summed E-state index contributed by atoms with van der Waals surface area (Å²) >= 11 is 0. The molecule has 1 heterocycles. The lowest BCUT2D eigenvalue weighted by atomic mass is 10.2. The third-order valence-electron chi connectivity index (χ3n) is 2.63. The van der Waals surface area contributed by atoms with Crippen molar-refractivity contribution >= 4 is 5.91 Å². The maximum atomic E-state index is 10.6. The van der Waals surface area contributed by atoms with Gasteiger partial charge in [0.2, 0.25) is 12.2 Å². The summed E-state index contributed by atoms with van der Waals surface area (Å²) in [4.78, 5) is 10.6. The van der Waals surface area contributed by atoms with Gasteiger partial charge in [-0.05, 0) is 12.8 Å². The van der Waals surface area contributed by atoms with Crippen LogP contribution in [0.25, 0.3) is 0 Å². The number of hydrogen-bond donors (Lipinski definition) is 1. The van der Waals surface area contributed by atoms with Crippen LogP contribution in [0.4, 0.5) is 0 Å². The van der Waals surface area contributed by atoms with E-state index >= 15 is 0 Å². The molecule has 98 valence electrons. The first-order valence-corrected chi connectivity index (χ1v) is 6.05. The zero-order chi connectivity index (χ0) is 11.8. The van der Waals surface area contributed by atoms with Crippen LogP contribution in [0.15, 0.2) is 18.7 Å². The number of nitrogens with two attached hydrogens (primary N) is 1. The van der Waals surface area contributed by atoms with Crippen molar-refractivity contribution in [1.82, 2.24) is 4.57 Å². The average Bonchev–Trinajstić information content (AvgIpc) is 2.70. The van der Waals surface area contributed by atoms with E-state index in [1.54, 1.807) is 0 Å². The minimum atomic E-state index is -0.247. The molecular weight excluding hydrogens is 282 g/mol. The molecule has 1 amide bonds. The van der Waals surface area contributed by atoms with Crippen LogP contribution in [-0.4, -0.2) is 10.5 Å². The fourth-order valence-electron chi connectivity index (χ4n) is 1.66. The lowest BCUT2D eigenvalue weighted by molar-refractivity contribution is -0.695. The summed E-state index contributed by atoms with van der Waals surface area (Å²) in [5, 5.41) is 0. The van der Waals surface area contributed by atoms with Crippen molar-refractivity contribution in [2.75, 3.05) is 0 Å². The van der Waals surface area contributed by atoms with Crippen molar-refractivity contribution < 1.29 is 26.3 Å². The Labute approximate surface area is 114 Å². The van der Waals surface area contributed by atoms with Gasteiger partial charge in [-0.3, -0.25) is 4.79 Å². The molecule has 2 N–H and O–H groups in total. The van der Waals surface area contributed by atoms with Crippen molar-refractivity contribution in [2.24, 2.45) is 5.73 Å². The number of amides is 1. The zero-order valence-corrected chi connectivity index (χ0v) is 12.0. The van der Waals surface area contributed by atoms with Crippen molar-refractivity contribution in [1.29, 1.82) is 0 Å². The molecule has 5 heteroatoms. The lowest BCUT2D eigenvalue weighted by Crippen LogP contribution is -3.00. The van der Waals surface area contributed by atoms with Crippen LogP contribution in [0.2, 0.25) is 0 Å². The van der Waals surface area contributed by atoms with E-state index in [-0.39, 0.29) is 22.9 Å². The van der Waals surface area contributed by atoms with Gasteiger partial charge in [-0.15, -0.1) is 0 Å². The summed E-state index contributed by atoms with van der Waals surface area (Å²) in [5.41, 5.74) is 5.10. The first kappa shape index (κ1) is 16.2. The van der Waals surface area contributed by atoms with Crippen LogP contribution in [0.3, 0.4) is 0 Å². The Morgan fingerprint density at radius 3 is 2.76 bits per heavy atom. The monoisotopic (exact) mass is 303 g/mol. The molecule has 0 bridgehead atoms. The van der Waals surface area contributed by atoms with Gasteiger partial charge in [-0.1, -0.05) is 19.8 Å². The molecule has 17 heavy (non-hydrogen) atoms. The second kappa shape index (κ2) is 9.22. The van der Waals surface area contributed by atoms with Crippen molar-refractivity contribution in [2.45, 2.75) is 52.1 Å². The fraction of sp³-hybridized carbons (Fsp3) is 0.667. The Balaban J connectivity index is 0.00000256. The SMILES string of the molecule is CCCCCCn1cc[n+](CCC(N)=O)c1.[Br-]. The number of primary amides is 1. The Morgan fingerprint density at radius 1 is 1.35 bits per heavy atom. The molecule has 0 aliphatic carbocycles. The molecule has 0 saturated carbocycles. The maximum absolute atomic E-state index is 10.6. The molecule has 0 saturated heterocycles. The summed E-state index contributed by atoms with van der Waals surface area (Å²) in [6.45, 7) is 3.95. The van der Waals surface area contributed by atoms with E-state index in [9.17, 15) is 4.79 Å². The summed E-state index contributed by atoms with van der Waals surface area (Å²) in [6, 6.07) is 0. The topological polar surface area (TPSA) is 51.9 Å².